The Morgan fingerprint density at radius 3 is 2.40 bits per heavy atom. The molecule has 0 aliphatic heterocycles. The highest BCUT2D eigenvalue weighted by Crippen LogP contribution is 2.32. The van der Waals surface area contributed by atoms with E-state index < -0.39 is 0 Å². The van der Waals surface area contributed by atoms with Crippen LogP contribution in [-0.2, 0) is 5.33 Å². The van der Waals surface area contributed by atoms with Gasteiger partial charge >= 0.3 is 0 Å². The molecule has 0 aliphatic carbocycles. The van der Waals surface area contributed by atoms with Crippen LogP contribution in [0.1, 0.15) is 26.3 Å². The largest absolute Gasteiger partial charge is 0.369 e. The van der Waals surface area contributed by atoms with Crippen LogP contribution in [0.3, 0.4) is 0 Å². The summed E-state index contributed by atoms with van der Waals surface area (Å²) >= 11 is 9.65. The Labute approximate surface area is 106 Å². The van der Waals surface area contributed by atoms with E-state index in [4.69, 9.17) is 11.6 Å². The van der Waals surface area contributed by atoms with Crippen LogP contribution in [0.5, 0.6) is 0 Å². The first kappa shape index (κ1) is 12.9. The minimum atomic E-state index is 0.0988. The van der Waals surface area contributed by atoms with E-state index in [1.807, 2.05) is 12.1 Å². The van der Waals surface area contributed by atoms with E-state index in [1.54, 1.807) is 0 Å². The van der Waals surface area contributed by atoms with Crippen LogP contribution in [0.25, 0.3) is 0 Å². The van der Waals surface area contributed by atoms with E-state index in [2.05, 4.69) is 54.7 Å². The van der Waals surface area contributed by atoms with Gasteiger partial charge in [0.2, 0.25) is 0 Å². The molecule has 0 spiro atoms. The molecule has 0 unspecified atom stereocenters. The summed E-state index contributed by atoms with van der Waals surface area (Å²) in [5.74, 6) is 0. The van der Waals surface area contributed by atoms with E-state index in [-0.39, 0.29) is 5.54 Å². The number of benzene rings is 1. The molecule has 1 aromatic rings. The molecule has 0 aromatic heterocycles. The number of hydrogen-bond donors (Lipinski definition) is 0. The Kier molecular flexibility index (Phi) is 4.07. The lowest BCUT2D eigenvalue weighted by Gasteiger charge is -2.35. The van der Waals surface area contributed by atoms with Crippen molar-refractivity contribution in [2.45, 2.75) is 31.6 Å². The lowest BCUT2D eigenvalue weighted by atomic mass is 10.0. The lowest BCUT2D eigenvalue weighted by Crippen LogP contribution is -2.38. The van der Waals surface area contributed by atoms with Crippen LogP contribution in [0.2, 0.25) is 5.02 Å². The van der Waals surface area contributed by atoms with Gasteiger partial charge in [-0.25, -0.2) is 0 Å². The second-order valence-corrected chi connectivity index (χ2v) is 5.57. The Morgan fingerprint density at radius 1 is 1.33 bits per heavy atom. The summed E-state index contributed by atoms with van der Waals surface area (Å²) in [4.78, 5) is 2.25. The third-order valence-electron chi connectivity index (χ3n) is 2.60. The Morgan fingerprint density at radius 2 is 1.93 bits per heavy atom. The van der Waals surface area contributed by atoms with Gasteiger partial charge < -0.3 is 4.90 Å². The van der Waals surface area contributed by atoms with Crippen molar-refractivity contribution in [1.82, 2.24) is 0 Å². The molecule has 0 saturated heterocycles. The van der Waals surface area contributed by atoms with Crippen LogP contribution >= 0.6 is 27.5 Å². The molecule has 0 aliphatic rings. The Hall–Kier alpha value is -0.210. The van der Waals surface area contributed by atoms with Gasteiger partial charge in [0, 0.05) is 34.2 Å². The van der Waals surface area contributed by atoms with Crippen molar-refractivity contribution in [3.8, 4) is 0 Å². The van der Waals surface area contributed by atoms with Crippen molar-refractivity contribution in [3.05, 3.63) is 28.8 Å². The second-order valence-electron chi connectivity index (χ2n) is 4.60. The first-order chi connectivity index (χ1) is 6.88. The molecule has 0 heterocycles. The molecule has 84 valence electrons. The molecule has 1 nitrogen and oxygen atoms in total. The molecule has 0 amide bonds. The SMILES string of the molecule is CN(c1cccc(Cl)c1CBr)C(C)(C)C. The Balaban J connectivity index is 3.20. The van der Waals surface area contributed by atoms with Crippen molar-refractivity contribution in [3.63, 3.8) is 0 Å². The van der Waals surface area contributed by atoms with Gasteiger partial charge in [-0.15, -0.1) is 0 Å². The maximum Gasteiger partial charge on any atom is 0.0467 e. The zero-order valence-electron chi connectivity index (χ0n) is 9.64. The summed E-state index contributed by atoms with van der Waals surface area (Å²) in [6, 6.07) is 6.03. The molecule has 3 heteroatoms. The van der Waals surface area contributed by atoms with Gasteiger partial charge in [-0.1, -0.05) is 33.6 Å². The first-order valence-corrected chi connectivity index (χ1v) is 6.45. The van der Waals surface area contributed by atoms with Gasteiger partial charge in [-0.3, -0.25) is 0 Å². The summed E-state index contributed by atoms with van der Waals surface area (Å²) in [6.07, 6.45) is 0. The topological polar surface area (TPSA) is 3.24 Å². The number of anilines is 1. The van der Waals surface area contributed by atoms with Crippen molar-refractivity contribution >= 4 is 33.2 Å². The van der Waals surface area contributed by atoms with Gasteiger partial charge in [-0.2, -0.15) is 0 Å². The summed E-state index contributed by atoms with van der Waals surface area (Å²) in [5.41, 5.74) is 2.44. The van der Waals surface area contributed by atoms with Crippen molar-refractivity contribution in [1.29, 1.82) is 0 Å². The molecule has 0 fully saturated rings. The molecule has 0 bridgehead atoms. The van der Waals surface area contributed by atoms with Crippen LogP contribution in [0.15, 0.2) is 18.2 Å². The molecule has 15 heavy (non-hydrogen) atoms. The maximum atomic E-state index is 6.17. The van der Waals surface area contributed by atoms with Crippen molar-refractivity contribution in [2.75, 3.05) is 11.9 Å². The van der Waals surface area contributed by atoms with Gasteiger partial charge in [-0.05, 0) is 32.9 Å². The van der Waals surface area contributed by atoms with Crippen LogP contribution < -0.4 is 4.90 Å². The standard InChI is InChI=1S/C12H17BrClN/c1-12(2,3)15(4)11-7-5-6-10(14)9(11)8-13/h5-7H,8H2,1-4H3. The van der Waals surface area contributed by atoms with Gasteiger partial charge in [0.1, 0.15) is 0 Å². The third kappa shape index (κ3) is 2.88. The fourth-order valence-corrected chi connectivity index (χ4v) is 2.34. The minimum absolute atomic E-state index is 0.0988. The van der Waals surface area contributed by atoms with Gasteiger partial charge in [0.05, 0.1) is 0 Å². The van der Waals surface area contributed by atoms with E-state index in [1.165, 1.54) is 5.69 Å². The fraction of sp³-hybridized carbons (Fsp3) is 0.500. The van der Waals surface area contributed by atoms with Gasteiger partial charge in [0.15, 0.2) is 0 Å². The zero-order chi connectivity index (χ0) is 11.6. The van der Waals surface area contributed by atoms with Crippen LogP contribution in [0.4, 0.5) is 5.69 Å². The number of rotatable bonds is 2. The first-order valence-electron chi connectivity index (χ1n) is 4.95. The van der Waals surface area contributed by atoms with Crippen LogP contribution in [0, 0.1) is 0 Å². The van der Waals surface area contributed by atoms with E-state index >= 15 is 0 Å². The summed E-state index contributed by atoms with van der Waals surface area (Å²) in [6.45, 7) is 6.56. The average Bonchev–Trinajstić information content (AvgIpc) is 2.14. The summed E-state index contributed by atoms with van der Waals surface area (Å²) in [7, 11) is 2.10. The second kappa shape index (κ2) is 4.75. The monoisotopic (exact) mass is 289 g/mol. The highest BCUT2D eigenvalue weighted by atomic mass is 79.9. The zero-order valence-corrected chi connectivity index (χ0v) is 12.0. The van der Waals surface area contributed by atoms with E-state index in [0.29, 0.717) is 0 Å². The maximum absolute atomic E-state index is 6.17. The highest BCUT2D eigenvalue weighted by molar-refractivity contribution is 9.08. The quantitative estimate of drug-likeness (QED) is 0.726. The molecule has 1 aromatic carbocycles. The number of hydrogen-bond acceptors (Lipinski definition) is 1. The highest BCUT2D eigenvalue weighted by Gasteiger charge is 2.20. The summed E-state index contributed by atoms with van der Waals surface area (Å²) < 4.78 is 0. The average molecular weight is 291 g/mol. The lowest BCUT2D eigenvalue weighted by molar-refractivity contribution is 0.538. The van der Waals surface area contributed by atoms with Gasteiger partial charge in [0.25, 0.3) is 0 Å². The molecule has 0 saturated carbocycles. The van der Waals surface area contributed by atoms with Crippen LogP contribution in [-0.4, -0.2) is 12.6 Å². The van der Waals surface area contributed by atoms with Crippen molar-refractivity contribution in [2.24, 2.45) is 0 Å². The normalized spacial score (nSPS) is 11.6. The molecule has 1 rings (SSSR count). The minimum Gasteiger partial charge on any atom is -0.369 e. The molecule has 0 radical (unpaired) electrons. The molecule has 0 N–H and O–H groups in total. The molecular weight excluding hydrogens is 273 g/mol. The predicted molar refractivity (Wildman–Crippen MR) is 72.2 cm³/mol. The Bertz CT molecular complexity index is 344. The molecule has 0 atom stereocenters. The van der Waals surface area contributed by atoms with E-state index in [0.717, 1.165) is 15.9 Å². The number of halogens is 2. The number of nitrogens with zero attached hydrogens (tertiary/aromatic N) is 1. The van der Waals surface area contributed by atoms with Crippen molar-refractivity contribution < 1.29 is 0 Å². The van der Waals surface area contributed by atoms with E-state index in [9.17, 15) is 0 Å². The number of alkyl halides is 1. The summed E-state index contributed by atoms with van der Waals surface area (Å²) in [5, 5.41) is 1.60. The molecular formula is C12H17BrClN. The smallest absolute Gasteiger partial charge is 0.0467 e. The third-order valence-corrected chi connectivity index (χ3v) is 3.51. The predicted octanol–water partition coefficient (Wildman–Crippen LogP) is 4.47. The fourth-order valence-electron chi connectivity index (χ4n) is 1.36.